The predicted octanol–water partition coefficient (Wildman–Crippen LogP) is 3.25. The van der Waals surface area contributed by atoms with Crippen molar-refractivity contribution in [3.8, 4) is 0 Å². The van der Waals surface area contributed by atoms with E-state index in [0.29, 0.717) is 18.1 Å². The fourth-order valence-corrected chi connectivity index (χ4v) is 3.65. The number of likely N-dealkylation sites (N-methyl/N-ethyl adjacent to an activating group) is 1. The quantitative estimate of drug-likeness (QED) is 0.635. The Kier molecular flexibility index (Phi) is 6.93. The van der Waals surface area contributed by atoms with Crippen LogP contribution in [0.2, 0.25) is 5.02 Å². The van der Waals surface area contributed by atoms with E-state index in [1.165, 1.54) is 4.90 Å². The zero-order valence-electron chi connectivity index (χ0n) is 15.4. The maximum atomic E-state index is 12.9. The maximum absolute atomic E-state index is 12.9. The van der Waals surface area contributed by atoms with Crippen molar-refractivity contribution in [2.75, 3.05) is 26.7 Å². The summed E-state index contributed by atoms with van der Waals surface area (Å²) in [5.41, 5.74) is 1.95. The molecule has 0 spiro atoms. The zero-order chi connectivity index (χ0) is 20.1. The maximum Gasteiger partial charge on any atom is 0.318 e. The van der Waals surface area contributed by atoms with Gasteiger partial charge in [0.15, 0.2) is 0 Å². The lowest BCUT2D eigenvalue weighted by atomic mass is 9.93. The molecule has 3 rings (SSSR count). The van der Waals surface area contributed by atoms with Crippen molar-refractivity contribution >= 4 is 39.5 Å². The molecule has 0 unspecified atom stereocenters. The third-order valence-electron chi connectivity index (χ3n) is 4.71. The first-order chi connectivity index (χ1) is 13.5. The van der Waals surface area contributed by atoms with Crippen LogP contribution in [0.4, 0.5) is 4.79 Å². The van der Waals surface area contributed by atoms with Gasteiger partial charge in [-0.3, -0.25) is 4.79 Å². The summed E-state index contributed by atoms with van der Waals surface area (Å²) in [5, 5.41) is 9.77. The molecule has 0 bridgehead atoms. The number of carbonyl (C=O) groups excluding carboxylic acids is 2. The van der Waals surface area contributed by atoms with Crippen LogP contribution in [0.5, 0.6) is 0 Å². The summed E-state index contributed by atoms with van der Waals surface area (Å²) in [5.74, 6) is -0.150. The fraction of sp³-hybridized carbons (Fsp3) is 0.300. The summed E-state index contributed by atoms with van der Waals surface area (Å²) in [6, 6.07) is 14.6. The Hall–Kier alpha value is -2.09. The van der Waals surface area contributed by atoms with Gasteiger partial charge in [-0.2, -0.15) is 0 Å². The number of urea groups is 1. The topological polar surface area (TPSA) is 73.5 Å². The predicted molar refractivity (Wildman–Crippen MR) is 113 cm³/mol. The highest BCUT2D eigenvalue weighted by Gasteiger charge is 2.29. The number of halogens is 2. The van der Waals surface area contributed by atoms with E-state index in [1.807, 2.05) is 43.4 Å². The van der Waals surface area contributed by atoms with Crippen LogP contribution in [-0.4, -0.2) is 43.5 Å². The Labute approximate surface area is 177 Å². The van der Waals surface area contributed by atoms with E-state index in [0.717, 1.165) is 15.6 Å². The standard InChI is InChI=1S/C20H22BrClN4O2/c1-23-18(13-2-6-15(21)7-3-13)19(14-4-8-16(22)9-5-14)25-20(28)26-11-10-24-17(27)12-26/h2-9,18-19,23H,10-12H2,1H3,(H,24,27)(H,25,28)/t18-,19+/m0/s1. The number of rotatable bonds is 5. The van der Waals surface area contributed by atoms with Crippen molar-refractivity contribution in [1.29, 1.82) is 0 Å². The minimum absolute atomic E-state index is 0.0572. The first-order valence-electron chi connectivity index (χ1n) is 8.98. The molecule has 28 heavy (non-hydrogen) atoms. The number of nitrogens with zero attached hydrogens (tertiary/aromatic N) is 1. The number of benzene rings is 2. The van der Waals surface area contributed by atoms with Gasteiger partial charge in [0.25, 0.3) is 0 Å². The molecule has 1 aliphatic heterocycles. The fourth-order valence-electron chi connectivity index (χ4n) is 3.26. The average Bonchev–Trinajstić information content (AvgIpc) is 2.69. The second-order valence-electron chi connectivity index (χ2n) is 6.57. The molecule has 1 saturated heterocycles. The Bertz CT molecular complexity index is 829. The van der Waals surface area contributed by atoms with Crippen LogP contribution in [0.1, 0.15) is 23.2 Å². The second kappa shape index (κ2) is 9.41. The monoisotopic (exact) mass is 464 g/mol. The lowest BCUT2D eigenvalue weighted by molar-refractivity contribution is -0.123. The molecule has 148 valence electrons. The Morgan fingerprint density at radius 3 is 2.32 bits per heavy atom. The highest BCUT2D eigenvalue weighted by molar-refractivity contribution is 9.10. The summed E-state index contributed by atoms with van der Waals surface area (Å²) in [6.45, 7) is 0.995. The van der Waals surface area contributed by atoms with E-state index in [4.69, 9.17) is 11.6 Å². The second-order valence-corrected chi connectivity index (χ2v) is 7.92. The van der Waals surface area contributed by atoms with Gasteiger partial charge < -0.3 is 20.9 Å². The third-order valence-corrected chi connectivity index (χ3v) is 5.49. The molecule has 0 aliphatic carbocycles. The first kappa shape index (κ1) is 20.6. The van der Waals surface area contributed by atoms with Crippen LogP contribution in [0.25, 0.3) is 0 Å². The molecule has 1 heterocycles. The third kappa shape index (κ3) is 5.04. The minimum Gasteiger partial charge on any atom is -0.353 e. The Morgan fingerprint density at radius 1 is 1.11 bits per heavy atom. The van der Waals surface area contributed by atoms with Crippen molar-refractivity contribution in [2.24, 2.45) is 0 Å². The largest absolute Gasteiger partial charge is 0.353 e. The molecular formula is C20H22BrClN4O2. The zero-order valence-corrected chi connectivity index (χ0v) is 17.8. The van der Waals surface area contributed by atoms with Crippen LogP contribution >= 0.6 is 27.5 Å². The number of carbonyl (C=O) groups is 2. The molecule has 2 aromatic rings. The molecule has 0 aromatic heterocycles. The van der Waals surface area contributed by atoms with Gasteiger partial charge >= 0.3 is 6.03 Å². The van der Waals surface area contributed by atoms with Gasteiger partial charge in [-0.1, -0.05) is 51.8 Å². The summed E-state index contributed by atoms with van der Waals surface area (Å²) >= 11 is 9.50. The van der Waals surface area contributed by atoms with Gasteiger partial charge in [0.1, 0.15) is 6.54 Å². The first-order valence-corrected chi connectivity index (χ1v) is 10.2. The van der Waals surface area contributed by atoms with Crippen LogP contribution in [-0.2, 0) is 4.79 Å². The van der Waals surface area contributed by atoms with Gasteiger partial charge in [-0.15, -0.1) is 0 Å². The van der Waals surface area contributed by atoms with Gasteiger partial charge in [0.2, 0.25) is 5.91 Å². The summed E-state index contributed by atoms with van der Waals surface area (Å²) in [7, 11) is 1.86. The van der Waals surface area contributed by atoms with Gasteiger partial charge in [0, 0.05) is 22.6 Å². The SMILES string of the molecule is CN[C@@H](c1ccc(Br)cc1)[C@H](NC(=O)N1CCNC(=O)C1)c1ccc(Cl)cc1. The van der Waals surface area contributed by atoms with E-state index >= 15 is 0 Å². The molecule has 1 aliphatic rings. The molecule has 6 nitrogen and oxygen atoms in total. The highest BCUT2D eigenvalue weighted by Crippen LogP contribution is 2.30. The number of nitrogens with one attached hydrogen (secondary N) is 3. The van der Waals surface area contributed by atoms with Crippen molar-refractivity contribution in [1.82, 2.24) is 20.9 Å². The Morgan fingerprint density at radius 2 is 1.71 bits per heavy atom. The van der Waals surface area contributed by atoms with Crippen LogP contribution in [0, 0.1) is 0 Å². The number of hydrogen-bond donors (Lipinski definition) is 3. The highest BCUT2D eigenvalue weighted by atomic mass is 79.9. The minimum atomic E-state index is -0.346. The summed E-state index contributed by atoms with van der Waals surface area (Å²) in [6.07, 6.45) is 0. The molecule has 2 atom stereocenters. The molecular weight excluding hydrogens is 444 g/mol. The van der Waals surface area contributed by atoms with E-state index in [9.17, 15) is 9.59 Å². The molecule has 2 aromatic carbocycles. The lowest BCUT2D eigenvalue weighted by Crippen LogP contribution is -2.54. The number of amides is 3. The molecule has 3 amide bonds. The van der Waals surface area contributed by atoms with E-state index in [2.05, 4.69) is 31.9 Å². The number of piperazine rings is 1. The van der Waals surface area contributed by atoms with E-state index < -0.39 is 0 Å². The van der Waals surface area contributed by atoms with Crippen molar-refractivity contribution in [3.63, 3.8) is 0 Å². The molecule has 8 heteroatoms. The lowest BCUT2D eigenvalue weighted by Gasteiger charge is -2.33. The molecule has 0 radical (unpaired) electrons. The molecule has 1 fully saturated rings. The van der Waals surface area contributed by atoms with Crippen molar-refractivity contribution in [3.05, 3.63) is 69.2 Å². The molecule has 0 saturated carbocycles. The average molecular weight is 466 g/mol. The van der Waals surface area contributed by atoms with Gasteiger partial charge in [0.05, 0.1) is 12.1 Å². The molecule has 3 N–H and O–H groups in total. The smallest absolute Gasteiger partial charge is 0.318 e. The van der Waals surface area contributed by atoms with Gasteiger partial charge in [-0.05, 0) is 42.4 Å². The normalized spacial score (nSPS) is 16.2. The summed E-state index contributed by atoms with van der Waals surface area (Å²) in [4.78, 5) is 26.0. The van der Waals surface area contributed by atoms with Crippen molar-refractivity contribution < 1.29 is 9.59 Å². The van der Waals surface area contributed by atoms with E-state index in [1.54, 1.807) is 12.1 Å². The Balaban J connectivity index is 1.89. The van der Waals surface area contributed by atoms with Crippen LogP contribution in [0.3, 0.4) is 0 Å². The summed E-state index contributed by atoms with van der Waals surface area (Å²) < 4.78 is 0.984. The van der Waals surface area contributed by atoms with Crippen molar-refractivity contribution in [2.45, 2.75) is 12.1 Å². The van der Waals surface area contributed by atoms with E-state index in [-0.39, 0.29) is 30.6 Å². The van der Waals surface area contributed by atoms with Crippen LogP contribution in [0.15, 0.2) is 53.0 Å². The number of hydrogen-bond acceptors (Lipinski definition) is 3. The van der Waals surface area contributed by atoms with Gasteiger partial charge in [-0.25, -0.2) is 4.79 Å². The van der Waals surface area contributed by atoms with Crippen LogP contribution < -0.4 is 16.0 Å².